The van der Waals surface area contributed by atoms with Crippen molar-refractivity contribution in [1.82, 2.24) is 15.1 Å². The highest BCUT2D eigenvalue weighted by Crippen LogP contribution is 2.34. The average Bonchev–Trinajstić information content (AvgIpc) is 3.33. The van der Waals surface area contributed by atoms with Gasteiger partial charge in [-0.2, -0.15) is 5.10 Å². The molecule has 3 aromatic rings. The van der Waals surface area contributed by atoms with E-state index in [1.165, 1.54) is 0 Å². The minimum absolute atomic E-state index is 0.122. The summed E-state index contributed by atoms with van der Waals surface area (Å²) in [5, 5.41) is 8.82. The van der Waals surface area contributed by atoms with Crippen LogP contribution in [-0.2, 0) is 18.3 Å². The van der Waals surface area contributed by atoms with Gasteiger partial charge < -0.3 is 19.2 Å². The lowest BCUT2D eigenvalue weighted by Gasteiger charge is -2.17. The van der Waals surface area contributed by atoms with Crippen LogP contribution in [0.15, 0.2) is 41.1 Å². The molecule has 2 atom stereocenters. The Morgan fingerprint density at radius 3 is 3.12 bits per heavy atom. The van der Waals surface area contributed by atoms with Crippen LogP contribution in [0.2, 0.25) is 0 Å². The maximum Gasteiger partial charge on any atom is 0.176 e. The summed E-state index contributed by atoms with van der Waals surface area (Å²) >= 11 is 0. The Morgan fingerprint density at radius 2 is 2.32 bits per heavy atom. The molecule has 0 amide bonds. The lowest BCUT2D eigenvalue weighted by molar-refractivity contribution is 0.0903. The van der Waals surface area contributed by atoms with Crippen molar-refractivity contribution in [3.05, 3.63) is 48.0 Å². The summed E-state index contributed by atoms with van der Waals surface area (Å²) in [6.45, 7) is 2.37. The van der Waals surface area contributed by atoms with Crippen molar-refractivity contribution in [3.63, 3.8) is 0 Å². The third-order valence-electron chi connectivity index (χ3n) is 4.75. The number of aromatic nitrogens is 2. The molecule has 0 spiro atoms. The Bertz CT molecular complexity index is 855. The summed E-state index contributed by atoms with van der Waals surface area (Å²) < 4.78 is 19.0. The quantitative estimate of drug-likeness (QED) is 0.747. The van der Waals surface area contributed by atoms with E-state index in [1.54, 1.807) is 7.11 Å². The summed E-state index contributed by atoms with van der Waals surface area (Å²) in [7, 11) is 3.59. The minimum atomic E-state index is 0.122. The fraction of sp³-hybridized carbons (Fsp3) is 0.421. The average molecular weight is 341 g/mol. The number of nitrogens with one attached hydrogen (secondary N) is 1. The van der Waals surface area contributed by atoms with Gasteiger partial charge in [0.05, 0.1) is 26.0 Å². The van der Waals surface area contributed by atoms with Crippen LogP contribution in [0.3, 0.4) is 0 Å². The normalized spacial score (nSPS) is 20.4. The van der Waals surface area contributed by atoms with Gasteiger partial charge in [-0.1, -0.05) is 12.1 Å². The first-order valence-corrected chi connectivity index (χ1v) is 8.61. The number of rotatable bonds is 6. The van der Waals surface area contributed by atoms with E-state index in [0.29, 0.717) is 12.5 Å². The largest absolute Gasteiger partial charge is 0.493 e. The molecule has 132 valence electrons. The molecule has 25 heavy (non-hydrogen) atoms. The Hall–Kier alpha value is -2.31. The van der Waals surface area contributed by atoms with Gasteiger partial charge in [0.1, 0.15) is 5.76 Å². The SMILES string of the molecule is COc1cccc2cc(CNC[C@H]3CCO[C@H]3c3cnn(C)c3)oc12. The number of fused-ring (bicyclic) bond motifs is 1. The van der Waals surface area contributed by atoms with Gasteiger partial charge in [0, 0.05) is 43.3 Å². The van der Waals surface area contributed by atoms with Crippen molar-refractivity contribution >= 4 is 11.0 Å². The lowest BCUT2D eigenvalue weighted by Crippen LogP contribution is -2.24. The third-order valence-corrected chi connectivity index (χ3v) is 4.75. The second kappa shape index (κ2) is 6.90. The number of nitrogens with zero attached hydrogens (tertiary/aromatic N) is 2. The Kier molecular flexibility index (Phi) is 4.46. The molecule has 1 N–H and O–H groups in total. The first-order chi connectivity index (χ1) is 12.2. The minimum Gasteiger partial charge on any atom is -0.493 e. The van der Waals surface area contributed by atoms with Gasteiger partial charge in [-0.15, -0.1) is 0 Å². The fourth-order valence-corrected chi connectivity index (χ4v) is 3.52. The molecule has 0 unspecified atom stereocenters. The molecule has 6 heteroatoms. The zero-order chi connectivity index (χ0) is 17.2. The fourth-order valence-electron chi connectivity index (χ4n) is 3.52. The molecule has 4 rings (SSSR count). The van der Waals surface area contributed by atoms with E-state index >= 15 is 0 Å². The topological polar surface area (TPSA) is 61.4 Å². The number of benzene rings is 1. The number of methoxy groups -OCH3 is 1. The van der Waals surface area contributed by atoms with Gasteiger partial charge in [-0.05, 0) is 18.6 Å². The van der Waals surface area contributed by atoms with E-state index < -0.39 is 0 Å². The maximum atomic E-state index is 5.94. The Labute approximate surface area is 146 Å². The van der Waals surface area contributed by atoms with Gasteiger partial charge in [-0.25, -0.2) is 0 Å². The van der Waals surface area contributed by atoms with Crippen molar-refractivity contribution in [3.8, 4) is 5.75 Å². The van der Waals surface area contributed by atoms with Crippen LogP contribution in [0.4, 0.5) is 0 Å². The monoisotopic (exact) mass is 341 g/mol. The molecule has 1 fully saturated rings. The number of hydrogen-bond acceptors (Lipinski definition) is 5. The van der Waals surface area contributed by atoms with Crippen LogP contribution < -0.4 is 10.1 Å². The highest BCUT2D eigenvalue weighted by atomic mass is 16.5. The molecule has 3 heterocycles. The summed E-state index contributed by atoms with van der Waals surface area (Å²) in [6.07, 6.45) is 5.11. The zero-order valence-corrected chi connectivity index (χ0v) is 14.6. The van der Waals surface area contributed by atoms with E-state index in [2.05, 4.69) is 16.5 Å². The number of aryl methyl sites for hydroxylation is 1. The predicted octanol–water partition coefficient (Wildman–Crippen LogP) is 3.04. The second-order valence-electron chi connectivity index (χ2n) is 6.51. The maximum absolute atomic E-state index is 5.94. The van der Waals surface area contributed by atoms with Crippen molar-refractivity contribution < 1.29 is 13.9 Å². The second-order valence-corrected chi connectivity index (χ2v) is 6.51. The van der Waals surface area contributed by atoms with Crippen molar-refractivity contribution in [2.24, 2.45) is 13.0 Å². The highest BCUT2D eigenvalue weighted by molar-refractivity contribution is 5.83. The summed E-state index contributed by atoms with van der Waals surface area (Å²) in [6, 6.07) is 7.99. The lowest BCUT2D eigenvalue weighted by atomic mass is 9.97. The van der Waals surface area contributed by atoms with Crippen molar-refractivity contribution in [2.75, 3.05) is 20.3 Å². The van der Waals surface area contributed by atoms with Gasteiger partial charge >= 0.3 is 0 Å². The van der Waals surface area contributed by atoms with Crippen LogP contribution >= 0.6 is 0 Å². The van der Waals surface area contributed by atoms with Crippen LogP contribution in [0.1, 0.15) is 23.8 Å². The van der Waals surface area contributed by atoms with Crippen molar-refractivity contribution in [2.45, 2.75) is 19.1 Å². The van der Waals surface area contributed by atoms with Crippen LogP contribution in [0.25, 0.3) is 11.0 Å². The molecule has 1 aliphatic heterocycles. The number of ether oxygens (including phenoxy) is 2. The van der Waals surface area contributed by atoms with Gasteiger partial charge in [0.25, 0.3) is 0 Å². The van der Waals surface area contributed by atoms with E-state index in [1.807, 2.05) is 42.3 Å². The van der Waals surface area contributed by atoms with E-state index in [4.69, 9.17) is 13.9 Å². The van der Waals surface area contributed by atoms with Crippen LogP contribution in [0.5, 0.6) is 5.75 Å². The zero-order valence-electron chi connectivity index (χ0n) is 14.6. The van der Waals surface area contributed by atoms with Gasteiger partial charge in [0.2, 0.25) is 0 Å². The summed E-state index contributed by atoms with van der Waals surface area (Å²) in [5.41, 5.74) is 1.96. The van der Waals surface area contributed by atoms with E-state index in [0.717, 1.165) is 47.6 Å². The molecule has 1 aliphatic rings. The number of para-hydroxylation sites is 1. The number of furan rings is 1. The Morgan fingerprint density at radius 1 is 1.40 bits per heavy atom. The third kappa shape index (κ3) is 3.27. The molecule has 1 aromatic carbocycles. The van der Waals surface area contributed by atoms with Gasteiger partial charge in [0.15, 0.2) is 11.3 Å². The first-order valence-electron chi connectivity index (χ1n) is 8.61. The Balaban J connectivity index is 1.39. The highest BCUT2D eigenvalue weighted by Gasteiger charge is 2.30. The molecule has 2 aromatic heterocycles. The molecule has 0 aliphatic carbocycles. The summed E-state index contributed by atoms with van der Waals surface area (Å²) in [5.74, 6) is 2.13. The van der Waals surface area contributed by atoms with Crippen molar-refractivity contribution in [1.29, 1.82) is 0 Å². The molecule has 0 bridgehead atoms. The molecule has 0 radical (unpaired) electrons. The predicted molar refractivity (Wildman–Crippen MR) is 94.5 cm³/mol. The van der Waals surface area contributed by atoms with Gasteiger partial charge in [-0.3, -0.25) is 4.68 Å². The summed E-state index contributed by atoms with van der Waals surface area (Å²) in [4.78, 5) is 0. The first kappa shape index (κ1) is 16.2. The molecule has 6 nitrogen and oxygen atoms in total. The molecule has 1 saturated heterocycles. The van der Waals surface area contributed by atoms with Crippen LogP contribution in [-0.4, -0.2) is 30.0 Å². The standard InChI is InChI=1S/C19H23N3O3/c1-22-12-15(10-21-22)18-14(6-7-24-18)9-20-11-16-8-13-4-3-5-17(23-2)19(13)25-16/h3-5,8,10,12,14,18,20H,6-7,9,11H2,1-2H3/t14-,18-/m1/s1. The van der Waals surface area contributed by atoms with E-state index in [9.17, 15) is 0 Å². The van der Waals surface area contributed by atoms with E-state index in [-0.39, 0.29) is 6.10 Å². The molecule has 0 saturated carbocycles. The molecular weight excluding hydrogens is 318 g/mol. The number of hydrogen-bond donors (Lipinski definition) is 1. The molecular formula is C19H23N3O3. The van der Waals surface area contributed by atoms with Crippen LogP contribution in [0, 0.1) is 5.92 Å². The smallest absolute Gasteiger partial charge is 0.176 e.